The molecule has 2 aliphatic carbocycles. The minimum atomic E-state index is -0.311. The molecule has 2 fully saturated rings. The Balaban J connectivity index is 1.98. The smallest absolute Gasteiger partial charge is 0.342 e. The van der Waals surface area contributed by atoms with Crippen LogP contribution in [-0.4, -0.2) is 19.2 Å². The predicted octanol–water partition coefficient (Wildman–Crippen LogP) is 8.44. The summed E-state index contributed by atoms with van der Waals surface area (Å²) in [6.07, 6.45) is 12.0. The van der Waals surface area contributed by atoms with Crippen LogP contribution >= 0.6 is 0 Å². The minimum absolute atomic E-state index is 0.0558. The number of aryl methyl sites for hydroxylation is 1. The molecule has 0 aliphatic heterocycles. The van der Waals surface area contributed by atoms with Crippen LogP contribution in [-0.2, 0) is 16.0 Å². The number of carbonyl (C=O) groups excluding carboxylic acids is 1. The molecule has 1 aromatic heterocycles. The summed E-state index contributed by atoms with van der Waals surface area (Å²) in [5.74, 6) is 1.65. The van der Waals surface area contributed by atoms with Crippen molar-refractivity contribution in [3.05, 3.63) is 51.1 Å². The van der Waals surface area contributed by atoms with Crippen molar-refractivity contribution in [1.82, 2.24) is 0 Å². The third kappa shape index (κ3) is 6.55. The molecule has 0 amide bonds. The molecule has 5 atom stereocenters. The topological polar surface area (TPSA) is 65.7 Å². The normalized spacial score (nSPS) is 28.5. The van der Waals surface area contributed by atoms with Crippen molar-refractivity contribution in [2.45, 2.75) is 125 Å². The summed E-state index contributed by atoms with van der Waals surface area (Å²) in [6.45, 7) is 19.5. The summed E-state index contributed by atoms with van der Waals surface area (Å²) >= 11 is 0. The Morgan fingerprint density at radius 3 is 2.54 bits per heavy atom. The highest BCUT2D eigenvalue weighted by Gasteiger charge is 2.58. The third-order valence-electron chi connectivity index (χ3n) is 10.1. The zero-order valence-electron chi connectivity index (χ0n) is 25.8. The second-order valence-electron chi connectivity index (χ2n) is 12.9. The number of hydrogen-bond donors (Lipinski definition) is 0. The van der Waals surface area contributed by atoms with E-state index in [2.05, 4.69) is 47.3 Å². The molecule has 1 aromatic rings. The van der Waals surface area contributed by atoms with E-state index in [1.807, 2.05) is 13.8 Å². The zero-order valence-corrected chi connectivity index (χ0v) is 25.8. The molecule has 0 bridgehead atoms. The van der Waals surface area contributed by atoms with Gasteiger partial charge in [0.2, 0.25) is 0 Å². The van der Waals surface area contributed by atoms with Crippen LogP contribution in [0.15, 0.2) is 33.0 Å². The molecule has 0 unspecified atom stereocenters. The first-order valence-electron chi connectivity index (χ1n) is 15.1. The second-order valence-corrected chi connectivity index (χ2v) is 12.9. The van der Waals surface area contributed by atoms with Gasteiger partial charge in [0, 0.05) is 17.4 Å². The van der Waals surface area contributed by atoms with Gasteiger partial charge in [-0.15, -0.1) is 0 Å². The van der Waals surface area contributed by atoms with E-state index in [-0.39, 0.29) is 34.4 Å². The number of fused-ring (bicyclic) bond motifs is 1. The lowest BCUT2D eigenvalue weighted by Crippen LogP contribution is -2.57. The fraction of sp³-hybridized carbons (Fsp3) is 0.706. The molecule has 0 radical (unpaired) electrons. The molecule has 5 heteroatoms. The van der Waals surface area contributed by atoms with Gasteiger partial charge in [-0.25, -0.2) is 4.79 Å². The molecular formula is C34H52O5. The number of rotatable bonds is 11. The van der Waals surface area contributed by atoms with Gasteiger partial charge in [0.1, 0.15) is 17.6 Å². The monoisotopic (exact) mass is 540 g/mol. The van der Waals surface area contributed by atoms with Crippen molar-refractivity contribution in [2.24, 2.45) is 22.7 Å². The molecule has 39 heavy (non-hydrogen) atoms. The number of allylic oxidation sites excluding steroid dienone is 3. The van der Waals surface area contributed by atoms with Gasteiger partial charge in [-0.1, -0.05) is 57.4 Å². The summed E-state index contributed by atoms with van der Waals surface area (Å²) < 4.78 is 17.7. The maximum Gasteiger partial charge on any atom is 0.342 e. The highest BCUT2D eigenvalue weighted by atomic mass is 16.5. The van der Waals surface area contributed by atoms with Crippen molar-refractivity contribution < 1.29 is 18.7 Å². The van der Waals surface area contributed by atoms with E-state index < -0.39 is 0 Å². The first kappa shape index (κ1) is 31.2. The number of ether oxygens (including phenoxy) is 2. The van der Waals surface area contributed by atoms with Gasteiger partial charge in [0.05, 0.1) is 12.7 Å². The summed E-state index contributed by atoms with van der Waals surface area (Å²) in [4.78, 5) is 26.0. The maximum atomic E-state index is 13.1. The van der Waals surface area contributed by atoms with E-state index >= 15 is 0 Å². The molecule has 1 heterocycles. The molecule has 2 saturated carbocycles. The van der Waals surface area contributed by atoms with Crippen LogP contribution < -0.4 is 10.4 Å². The molecular weight excluding hydrogens is 488 g/mol. The predicted molar refractivity (Wildman–Crippen MR) is 158 cm³/mol. The van der Waals surface area contributed by atoms with Crippen LogP contribution in [0, 0.1) is 36.5 Å². The number of esters is 1. The number of unbranched alkanes of at least 4 members (excludes halogenated alkanes) is 2. The summed E-state index contributed by atoms with van der Waals surface area (Å²) in [5, 5.41) is 0. The van der Waals surface area contributed by atoms with E-state index in [9.17, 15) is 9.59 Å². The van der Waals surface area contributed by atoms with E-state index in [0.29, 0.717) is 35.8 Å². The average molecular weight is 541 g/mol. The molecule has 2 aliphatic rings. The highest BCUT2D eigenvalue weighted by Crippen LogP contribution is 2.63. The molecule has 218 valence electrons. The van der Waals surface area contributed by atoms with Gasteiger partial charge >= 0.3 is 11.6 Å². The molecule has 0 N–H and O–H groups in total. The second kappa shape index (κ2) is 12.9. The van der Waals surface area contributed by atoms with Crippen molar-refractivity contribution in [3.63, 3.8) is 0 Å². The molecule has 3 rings (SSSR count). The molecule has 0 aromatic carbocycles. The first-order valence-corrected chi connectivity index (χ1v) is 15.1. The molecule has 0 spiro atoms. The van der Waals surface area contributed by atoms with Crippen LogP contribution in [0.5, 0.6) is 5.75 Å². The molecule has 0 saturated heterocycles. The standard InChI is InChI=1S/C34H52O5/c1-10-11-12-15-30(35)39-29-18-20-33(7)27(21-26-31(37-9)24(5)25(6)38-32(26)36)23(4)16-17-28(33)34(29,8)19-13-14-22(2)3/h14,27-29H,4,10-13,15-21H2,1-3,5-9H3/t27-,28-,29+,33-,34+/m1/s1. The Labute approximate surface area is 236 Å². The third-order valence-corrected chi connectivity index (χ3v) is 10.1. The SMILES string of the molecule is C=C1CC[C@H]2[C@](C)(CCC=C(C)C)[C@@H](OC(=O)CCCCC)CC[C@]2(C)[C@@H]1Cc1c(OC)c(C)c(C)oc1=O. The van der Waals surface area contributed by atoms with E-state index in [1.54, 1.807) is 7.11 Å². The highest BCUT2D eigenvalue weighted by molar-refractivity contribution is 5.69. The fourth-order valence-electron chi connectivity index (χ4n) is 7.70. The average Bonchev–Trinajstić information content (AvgIpc) is 2.86. The number of carbonyl (C=O) groups is 1. The van der Waals surface area contributed by atoms with Crippen LogP contribution in [0.1, 0.15) is 116 Å². The quantitative estimate of drug-likeness (QED) is 0.160. The van der Waals surface area contributed by atoms with Gasteiger partial charge in [0.15, 0.2) is 0 Å². The van der Waals surface area contributed by atoms with Crippen LogP contribution in [0.2, 0.25) is 0 Å². The Morgan fingerprint density at radius 2 is 1.90 bits per heavy atom. The first-order chi connectivity index (χ1) is 18.4. The number of hydrogen-bond acceptors (Lipinski definition) is 5. The van der Waals surface area contributed by atoms with Gasteiger partial charge in [-0.3, -0.25) is 4.79 Å². The minimum Gasteiger partial charge on any atom is -0.496 e. The lowest BCUT2D eigenvalue weighted by atomic mass is 9.45. The van der Waals surface area contributed by atoms with Crippen molar-refractivity contribution in [1.29, 1.82) is 0 Å². The van der Waals surface area contributed by atoms with Crippen LogP contribution in [0.3, 0.4) is 0 Å². The van der Waals surface area contributed by atoms with Crippen LogP contribution in [0.4, 0.5) is 0 Å². The number of methoxy groups -OCH3 is 1. The summed E-state index contributed by atoms with van der Waals surface area (Å²) in [5.41, 5.74) is 3.47. The summed E-state index contributed by atoms with van der Waals surface area (Å²) in [6, 6.07) is 0. The lowest BCUT2D eigenvalue weighted by molar-refractivity contribution is -0.181. The fourth-order valence-corrected chi connectivity index (χ4v) is 7.70. The lowest BCUT2D eigenvalue weighted by Gasteiger charge is -2.61. The van der Waals surface area contributed by atoms with E-state index in [1.165, 1.54) is 11.1 Å². The Kier molecular flexibility index (Phi) is 10.3. The Bertz CT molecular complexity index is 1120. The van der Waals surface area contributed by atoms with E-state index in [0.717, 1.165) is 63.4 Å². The zero-order chi connectivity index (χ0) is 29.0. The van der Waals surface area contributed by atoms with Crippen LogP contribution in [0.25, 0.3) is 0 Å². The van der Waals surface area contributed by atoms with Gasteiger partial charge in [-0.05, 0) is 96.3 Å². The largest absolute Gasteiger partial charge is 0.496 e. The maximum absolute atomic E-state index is 13.1. The van der Waals surface area contributed by atoms with Gasteiger partial charge < -0.3 is 13.9 Å². The van der Waals surface area contributed by atoms with Gasteiger partial charge in [0.25, 0.3) is 0 Å². The Hall–Kier alpha value is -2.30. The Morgan fingerprint density at radius 1 is 1.18 bits per heavy atom. The summed E-state index contributed by atoms with van der Waals surface area (Å²) in [7, 11) is 1.63. The van der Waals surface area contributed by atoms with Crippen molar-refractivity contribution >= 4 is 5.97 Å². The van der Waals surface area contributed by atoms with Gasteiger partial charge in [-0.2, -0.15) is 0 Å². The van der Waals surface area contributed by atoms with E-state index in [4.69, 9.17) is 13.9 Å². The van der Waals surface area contributed by atoms with Crippen molar-refractivity contribution in [2.75, 3.05) is 7.11 Å². The molecule has 5 nitrogen and oxygen atoms in total. The van der Waals surface area contributed by atoms with Crippen molar-refractivity contribution in [3.8, 4) is 5.75 Å².